The van der Waals surface area contributed by atoms with Crippen molar-refractivity contribution in [1.82, 2.24) is 20.1 Å². The second-order valence-electron chi connectivity index (χ2n) is 11.1. The van der Waals surface area contributed by atoms with Gasteiger partial charge in [-0.1, -0.05) is 0 Å². The lowest BCUT2D eigenvalue weighted by atomic mass is 10.3. The van der Waals surface area contributed by atoms with Crippen LogP contribution in [0.25, 0.3) is 0 Å². The Morgan fingerprint density at radius 1 is 0.615 bits per heavy atom. The molecule has 308 valence electrons. The lowest BCUT2D eigenvalue weighted by molar-refractivity contribution is -0.147. The zero-order valence-electron chi connectivity index (χ0n) is 29.8. The summed E-state index contributed by atoms with van der Waals surface area (Å²) in [5.41, 5.74) is 0. The van der Waals surface area contributed by atoms with Gasteiger partial charge in [0, 0.05) is 39.8 Å². The Bertz CT molecular complexity index is 1300. The minimum atomic E-state index is -4.70. The lowest BCUT2D eigenvalue weighted by Crippen LogP contribution is -2.41. The first-order chi connectivity index (χ1) is 23.9. The molecule has 0 saturated carbocycles. The van der Waals surface area contributed by atoms with Gasteiger partial charge in [0.25, 0.3) is 0 Å². The summed E-state index contributed by atoms with van der Waals surface area (Å²) in [5, 5.41) is 4.56. The molecule has 23 nitrogen and oxygen atoms in total. The van der Waals surface area contributed by atoms with Crippen LogP contribution in [0.2, 0.25) is 0 Å². The fourth-order valence-electron chi connectivity index (χ4n) is 3.63. The van der Waals surface area contributed by atoms with Gasteiger partial charge in [-0.25, -0.2) is 40.2 Å². The molecule has 0 aromatic heterocycles. The zero-order valence-corrected chi connectivity index (χ0v) is 33.3. The van der Waals surface area contributed by atoms with Crippen LogP contribution in [0.5, 0.6) is 0 Å². The third kappa shape index (κ3) is 31.7. The molecule has 0 aliphatic heterocycles. The van der Waals surface area contributed by atoms with Crippen LogP contribution in [-0.2, 0) is 75.8 Å². The molecule has 6 atom stereocenters. The third-order valence-corrected chi connectivity index (χ3v) is 9.12. The van der Waals surface area contributed by atoms with Crippen LogP contribution in [0.15, 0.2) is 0 Å². The summed E-state index contributed by atoms with van der Waals surface area (Å²) >= 11 is 0. The quantitative estimate of drug-likeness (QED) is 0.0290. The number of amides is 2. The van der Waals surface area contributed by atoms with Gasteiger partial charge in [-0.2, -0.15) is 0 Å². The van der Waals surface area contributed by atoms with E-state index in [9.17, 15) is 50.1 Å². The number of esters is 2. The summed E-state index contributed by atoms with van der Waals surface area (Å²) in [6.07, 6.45) is 1.46. The molecule has 0 saturated heterocycles. The average molecular weight is 839 g/mol. The molecular formula is C25H52N4O19P2S2. The van der Waals surface area contributed by atoms with Crippen molar-refractivity contribution in [3.05, 3.63) is 0 Å². The minimum Gasteiger partial charge on any atom is -0.463 e. The summed E-state index contributed by atoms with van der Waals surface area (Å²) in [4.78, 5) is 53.7. The first-order valence-electron chi connectivity index (χ1n) is 15.6. The highest BCUT2D eigenvalue weighted by molar-refractivity contribution is 7.89. The molecule has 0 radical (unpaired) electrons. The van der Waals surface area contributed by atoms with Crippen LogP contribution >= 0.6 is 15.6 Å². The van der Waals surface area contributed by atoms with Gasteiger partial charge in [0.2, 0.25) is 20.0 Å². The molecule has 2 unspecified atom stereocenters. The van der Waals surface area contributed by atoms with Gasteiger partial charge in [0.1, 0.15) is 12.2 Å². The predicted octanol–water partition coefficient (Wildman–Crippen LogP) is -0.895. The van der Waals surface area contributed by atoms with Crippen molar-refractivity contribution < 1.29 is 87.2 Å². The number of ether oxygens (including phenoxy) is 4. The molecular weight excluding hydrogens is 786 g/mol. The Morgan fingerprint density at radius 3 is 1.27 bits per heavy atom. The maximum atomic E-state index is 12.2. The SMILES string of the molecule is CC(=O)O[C@H](C)CCOC[C@H](COP(=O)(O)OCCNC(=O)NCCOP(=O)(O)OC[C@@H](COCC[C@@H](C)OC(C)=O)NS(C)(=O)=O)NS(C)(=O)=O. The Balaban J connectivity index is 4.50. The largest absolute Gasteiger partial charge is 0.472 e. The highest BCUT2D eigenvalue weighted by Gasteiger charge is 2.26. The number of nitrogens with one attached hydrogen (secondary N) is 4. The smallest absolute Gasteiger partial charge is 0.463 e. The van der Waals surface area contributed by atoms with E-state index in [2.05, 4.69) is 20.1 Å². The average Bonchev–Trinajstić information content (AvgIpc) is 2.97. The Hall–Kier alpha value is -1.83. The molecule has 52 heavy (non-hydrogen) atoms. The van der Waals surface area contributed by atoms with E-state index in [1.54, 1.807) is 13.8 Å². The molecule has 0 aromatic rings. The highest BCUT2D eigenvalue weighted by atomic mass is 32.2. The van der Waals surface area contributed by atoms with E-state index < -0.39 is 104 Å². The Kier molecular flexibility index (Phi) is 24.4. The van der Waals surface area contributed by atoms with Gasteiger partial charge >= 0.3 is 33.6 Å². The molecule has 6 N–H and O–H groups in total. The summed E-state index contributed by atoms with van der Waals surface area (Å²) in [6.45, 7) is 2.60. The normalized spacial score (nSPS) is 16.8. The van der Waals surface area contributed by atoms with Gasteiger partial charge in [0.15, 0.2) is 0 Å². The highest BCUT2D eigenvalue weighted by Crippen LogP contribution is 2.43. The van der Waals surface area contributed by atoms with Gasteiger partial charge in [0.05, 0.1) is 77.5 Å². The summed E-state index contributed by atoms with van der Waals surface area (Å²) in [5.74, 6) is -0.945. The topological polar surface area (TPSA) is 316 Å². The lowest BCUT2D eigenvalue weighted by Gasteiger charge is -2.20. The first kappa shape index (κ1) is 50.2. The Labute approximate surface area is 303 Å². The van der Waals surface area contributed by atoms with Crippen molar-refractivity contribution in [3.63, 3.8) is 0 Å². The van der Waals surface area contributed by atoms with E-state index in [1.807, 2.05) is 0 Å². The number of carbonyl (C=O) groups excluding carboxylic acids is 3. The molecule has 0 bridgehead atoms. The fraction of sp³-hybridized carbons (Fsp3) is 0.880. The maximum Gasteiger partial charge on any atom is 0.472 e. The van der Waals surface area contributed by atoms with E-state index in [-0.39, 0.29) is 39.5 Å². The molecule has 0 spiro atoms. The van der Waals surface area contributed by atoms with Crippen molar-refractivity contribution in [2.45, 2.75) is 64.8 Å². The van der Waals surface area contributed by atoms with Crippen molar-refractivity contribution in [1.29, 1.82) is 0 Å². The molecule has 0 fully saturated rings. The van der Waals surface area contributed by atoms with E-state index >= 15 is 0 Å². The molecule has 0 aliphatic carbocycles. The predicted molar refractivity (Wildman–Crippen MR) is 182 cm³/mol. The number of urea groups is 1. The maximum absolute atomic E-state index is 12.2. The van der Waals surface area contributed by atoms with E-state index in [4.69, 9.17) is 37.0 Å². The van der Waals surface area contributed by atoms with Crippen LogP contribution in [0.3, 0.4) is 0 Å². The van der Waals surface area contributed by atoms with Crippen molar-refractivity contribution in [2.75, 3.05) is 78.5 Å². The minimum absolute atomic E-state index is 0.0838. The van der Waals surface area contributed by atoms with Gasteiger partial charge in [-0.05, 0) is 13.8 Å². The number of sulfonamides is 2. The van der Waals surface area contributed by atoms with Gasteiger partial charge in [-0.3, -0.25) is 27.7 Å². The molecule has 2 amide bonds. The molecule has 0 aliphatic rings. The number of hydrogen-bond donors (Lipinski definition) is 6. The van der Waals surface area contributed by atoms with Crippen LogP contribution in [0.4, 0.5) is 4.79 Å². The van der Waals surface area contributed by atoms with E-state index in [0.717, 1.165) is 12.5 Å². The van der Waals surface area contributed by atoms with E-state index in [1.165, 1.54) is 13.8 Å². The number of phosphoric acid groups is 2. The fourth-order valence-corrected chi connectivity index (χ4v) is 6.64. The van der Waals surface area contributed by atoms with Crippen LogP contribution in [0.1, 0.15) is 40.5 Å². The summed E-state index contributed by atoms with van der Waals surface area (Å²) < 4.78 is 115. The molecule has 0 aromatic carbocycles. The second-order valence-corrected chi connectivity index (χ2v) is 17.6. The summed E-state index contributed by atoms with van der Waals surface area (Å²) in [7, 11) is -16.9. The van der Waals surface area contributed by atoms with Crippen molar-refractivity contribution in [3.8, 4) is 0 Å². The summed E-state index contributed by atoms with van der Waals surface area (Å²) in [6, 6.07) is -2.97. The van der Waals surface area contributed by atoms with Crippen LogP contribution < -0.4 is 20.1 Å². The monoisotopic (exact) mass is 838 g/mol. The number of phosphoric ester groups is 2. The number of rotatable bonds is 30. The Morgan fingerprint density at radius 2 is 0.962 bits per heavy atom. The van der Waals surface area contributed by atoms with Crippen molar-refractivity contribution >= 4 is 53.7 Å². The zero-order chi connectivity index (χ0) is 40.0. The van der Waals surface area contributed by atoms with Gasteiger partial charge in [-0.15, -0.1) is 0 Å². The molecule has 0 heterocycles. The molecule has 27 heteroatoms. The standard InChI is InChI=1S/C25H52N4O19P2S2/c1-19(47-21(3)30)7-11-41-15-23(28-51(5,37)38)17-45-49(33,34)43-13-9-26-25(32)27-10-14-44-50(35,36)46-18-24(29-52(6,39)40)16-42-12-8-20(2)48-22(4)31/h19-20,23-24,28-29H,7-18H2,1-6H3,(H,33,34)(H,35,36)(H2,26,27,32)/t19-,20-,23-,24-/m1/s1. The van der Waals surface area contributed by atoms with Crippen molar-refractivity contribution in [2.24, 2.45) is 0 Å². The third-order valence-electron chi connectivity index (χ3n) is 5.63. The van der Waals surface area contributed by atoms with Crippen LogP contribution in [-0.4, -0.2) is 147 Å². The number of carbonyl (C=O) groups is 3. The second kappa shape index (κ2) is 25.3. The first-order valence-corrected chi connectivity index (χ1v) is 22.4. The van der Waals surface area contributed by atoms with E-state index in [0.29, 0.717) is 12.8 Å². The van der Waals surface area contributed by atoms with Gasteiger partial charge < -0.3 is 39.4 Å². The molecule has 0 rings (SSSR count). The number of hydrogen-bond acceptors (Lipinski definition) is 17. The van der Waals surface area contributed by atoms with Crippen LogP contribution in [0, 0.1) is 0 Å².